The zero-order valence-electron chi connectivity index (χ0n) is 11.5. The van der Waals surface area contributed by atoms with Crippen molar-refractivity contribution in [1.82, 2.24) is 5.32 Å². The molecule has 0 heterocycles. The predicted molar refractivity (Wildman–Crippen MR) is 85.6 cm³/mol. The Bertz CT molecular complexity index is 632. The van der Waals surface area contributed by atoms with Crippen LogP contribution in [0.25, 0.3) is 0 Å². The Morgan fingerprint density at radius 2 is 1.95 bits per heavy atom. The lowest BCUT2D eigenvalue weighted by Gasteiger charge is -2.22. The van der Waals surface area contributed by atoms with Crippen molar-refractivity contribution in [3.8, 4) is 0 Å². The molecule has 0 amide bonds. The summed E-state index contributed by atoms with van der Waals surface area (Å²) in [5, 5.41) is 3.72. The largest absolute Gasteiger partial charge is 0.306 e. The fourth-order valence-corrected chi connectivity index (χ4v) is 2.77. The molecule has 1 unspecified atom stereocenters. The Balaban J connectivity index is 2.52. The van der Waals surface area contributed by atoms with E-state index < -0.39 is 17.7 Å². The zero-order valence-corrected chi connectivity index (χ0v) is 13.8. The summed E-state index contributed by atoms with van der Waals surface area (Å²) in [7, 11) is 0. The summed E-state index contributed by atoms with van der Waals surface area (Å²) in [4.78, 5) is 0. The maximum Gasteiger partial charge on any atom is 0.128 e. The number of halogens is 4. The number of nitrogens with one attached hydrogen (secondary N) is 1. The summed E-state index contributed by atoms with van der Waals surface area (Å²) in [5.74, 6) is -0.929. The first-order valence-corrected chi connectivity index (χ1v) is 7.84. The van der Waals surface area contributed by atoms with Crippen LogP contribution in [0.3, 0.4) is 0 Å². The van der Waals surface area contributed by atoms with E-state index in [1.807, 2.05) is 25.1 Å². The minimum atomic E-state index is -0.495. The van der Waals surface area contributed by atoms with E-state index in [2.05, 4.69) is 21.2 Å². The lowest BCUT2D eigenvalue weighted by molar-refractivity contribution is 0.535. The van der Waals surface area contributed by atoms with Gasteiger partial charge in [-0.2, -0.15) is 0 Å². The molecule has 112 valence electrons. The third-order valence-electron chi connectivity index (χ3n) is 3.16. The third-order valence-corrected chi connectivity index (χ3v) is 4.47. The highest BCUT2D eigenvalue weighted by molar-refractivity contribution is 9.10. The molecule has 2 rings (SSSR count). The first-order chi connectivity index (χ1) is 10.0. The number of hydrogen-bond acceptors (Lipinski definition) is 1. The first-order valence-electron chi connectivity index (χ1n) is 6.66. The highest BCUT2D eigenvalue weighted by Crippen LogP contribution is 2.34. The Hall–Kier alpha value is -0.970. The van der Waals surface area contributed by atoms with Crippen molar-refractivity contribution in [1.29, 1.82) is 0 Å². The second-order valence-electron chi connectivity index (χ2n) is 4.70. The first kappa shape index (κ1) is 16.4. The van der Waals surface area contributed by atoms with E-state index in [1.165, 1.54) is 6.07 Å². The minimum Gasteiger partial charge on any atom is -0.306 e. The van der Waals surface area contributed by atoms with Crippen LogP contribution in [0.4, 0.5) is 8.78 Å². The maximum absolute atomic E-state index is 14.1. The van der Waals surface area contributed by atoms with Crippen LogP contribution in [-0.4, -0.2) is 6.54 Å². The molecule has 1 N–H and O–H groups in total. The zero-order chi connectivity index (χ0) is 15.4. The summed E-state index contributed by atoms with van der Waals surface area (Å²) in [6.45, 7) is 2.68. The maximum atomic E-state index is 14.1. The summed E-state index contributed by atoms with van der Waals surface area (Å²) in [6, 6.07) is 8.40. The Morgan fingerprint density at radius 3 is 2.67 bits per heavy atom. The molecule has 1 nitrogen and oxygen atoms in total. The standard InChI is InChI=1S/C16H15BrClF2N/c1-2-8-21-16(11-4-3-5-13(17)15(11)18)12-9-10(19)6-7-14(12)20/h3-7,9,16,21H,2,8H2,1H3. The van der Waals surface area contributed by atoms with Crippen LogP contribution < -0.4 is 5.32 Å². The second-order valence-corrected chi connectivity index (χ2v) is 5.93. The highest BCUT2D eigenvalue weighted by atomic mass is 79.9. The minimum absolute atomic E-state index is 0.253. The van der Waals surface area contributed by atoms with E-state index in [-0.39, 0.29) is 5.56 Å². The van der Waals surface area contributed by atoms with Crippen LogP contribution in [0.2, 0.25) is 5.02 Å². The topological polar surface area (TPSA) is 12.0 Å². The second kappa shape index (κ2) is 7.34. The summed E-state index contributed by atoms with van der Waals surface area (Å²) < 4.78 is 28.3. The smallest absolute Gasteiger partial charge is 0.128 e. The fraction of sp³-hybridized carbons (Fsp3) is 0.250. The van der Waals surface area contributed by atoms with Gasteiger partial charge in [-0.05, 0) is 58.7 Å². The van der Waals surface area contributed by atoms with Gasteiger partial charge in [0.1, 0.15) is 11.6 Å². The van der Waals surface area contributed by atoms with Gasteiger partial charge in [-0.3, -0.25) is 0 Å². The van der Waals surface area contributed by atoms with Gasteiger partial charge in [0.05, 0.1) is 11.1 Å². The van der Waals surface area contributed by atoms with Gasteiger partial charge >= 0.3 is 0 Å². The number of benzene rings is 2. The molecule has 0 spiro atoms. The van der Waals surface area contributed by atoms with Crippen LogP contribution in [-0.2, 0) is 0 Å². The average Bonchev–Trinajstić information content (AvgIpc) is 2.47. The van der Waals surface area contributed by atoms with Crippen molar-refractivity contribution in [2.45, 2.75) is 19.4 Å². The molecule has 2 aromatic rings. The van der Waals surface area contributed by atoms with Gasteiger partial charge in [0, 0.05) is 10.0 Å². The normalized spacial score (nSPS) is 12.4. The predicted octanol–water partition coefficient (Wildman–Crippen LogP) is 5.47. The molecule has 1 atom stereocenters. The van der Waals surface area contributed by atoms with Gasteiger partial charge < -0.3 is 5.32 Å². The van der Waals surface area contributed by atoms with E-state index in [0.717, 1.165) is 23.0 Å². The van der Waals surface area contributed by atoms with E-state index in [0.29, 0.717) is 17.1 Å². The summed E-state index contributed by atoms with van der Waals surface area (Å²) in [6.07, 6.45) is 0.874. The van der Waals surface area contributed by atoms with E-state index >= 15 is 0 Å². The number of hydrogen-bond donors (Lipinski definition) is 1. The van der Waals surface area contributed by atoms with Crippen molar-refractivity contribution in [2.24, 2.45) is 0 Å². The van der Waals surface area contributed by atoms with Crippen LogP contribution in [0, 0.1) is 11.6 Å². The fourth-order valence-electron chi connectivity index (χ4n) is 2.16. The Kier molecular flexibility index (Phi) is 5.73. The molecule has 0 aliphatic rings. The third kappa shape index (κ3) is 3.82. The molecule has 2 aromatic carbocycles. The van der Waals surface area contributed by atoms with Gasteiger partial charge in [0.2, 0.25) is 0 Å². The van der Waals surface area contributed by atoms with E-state index in [1.54, 1.807) is 0 Å². The molecule has 0 bridgehead atoms. The van der Waals surface area contributed by atoms with E-state index in [9.17, 15) is 8.78 Å². The quantitative estimate of drug-likeness (QED) is 0.732. The van der Waals surface area contributed by atoms with Crippen molar-refractivity contribution in [3.05, 3.63) is 68.7 Å². The molecular formula is C16H15BrClF2N. The molecule has 0 fully saturated rings. The van der Waals surface area contributed by atoms with Crippen molar-refractivity contribution in [3.63, 3.8) is 0 Å². The van der Waals surface area contributed by atoms with Gasteiger partial charge in [-0.25, -0.2) is 8.78 Å². The number of rotatable bonds is 5. The van der Waals surface area contributed by atoms with Gasteiger partial charge in [-0.15, -0.1) is 0 Å². The van der Waals surface area contributed by atoms with Crippen molar-refractivity contribution in [2.75, 3.05) is 6.54 Å². The van der Waals surface area contributed by atoms with Crippen LogP contribution >= 0.6 is 27.5 Å². The molecule has 0 saturated heterocycles. The lowest BCUT2D eigenvalue weighted by atomic mass is 9.97. The molecule has 5 heteroatoms. The molecule has 21 heavy (non-hydrogen) atoms. The van der Waals surface area contributed by atoms with Gasteiger partial charge in [-0.1, -0.05) is 30.7 Å². The Morgan fingerprint density at radius 1 is 1.19 bits per heavy atom. The van der Waals surface area contributed by atoms with E-state index in [4.69, 9.17) is 11.6 Å². The Labute approximate surface area is 136 Å². The van der Waals surface area contributed by atoms with Crippen LogP contribution in [0.15, 0.2) is 40.9 Å². The molecule has 0 aromatic heterocycles. The monoisotopic (exact) mass is 373 g/mol. The molecule has 0 aliphatic carbocycles. The summed E-state index contributed by atoms with van der Waals surface area (Å²) in [5.41, 5.74) is 0.965. The average molecular weight is 375 g/mol. The molecular weight excluding hydrogens is 360 g/mol. The van der Waals surface area contributed by atoms with Crippen LogP contribution in [0.5, 0.6) is 0 Å². The highest BCUT2D eigenvalue weighted by Gasteiger charge is 2.21. The summed E-state index contributed by atoms with van der Waals surface area (Å²) >= 11 is 9.67. The lowest BCUT2D eigenvalue weighted by Crippen LogP contribution is -2.24. The van der Waals surface area contributed by atoms with Gasteiger partial charge in [0.15, 0.2) is 0 Å². The van der Waals surface area contributed by atoms with Gasteiger partial charge in [0.25, 0.3) is 0 Å². The molecule has 0 aliphatic heterocycles. The SMILES string of the molecule is CCCNC(c1cc(F)ccc1F)c1cccc(Br)c1Cl. The molecule has 0 radical (unpaired) electrons. The van der Waals surface area contributed by atoms with Crippen LogP contribution in [0.1, 0.15) is 30.5 Å². The van der Waals surface area contributed by atoms with Crippen molar-refractivity contribution < 1.29 is 8.78 Å². The molecule has 0 saturated carbocycles. The van der Waals surface area contributed by atoms with Crippen molar-refractivity contribution >= 4 is 27.5 Å².